The van der Waals surface area contributed by atoms with Crippen molar-refractivity contribution >= 4 is 17.7 Å². The predicted molar refractivity (Wildman–Crippen MR) is 105 cm³/mol. The smallest absolute Gasteiger partial charge is 0.236 e. The maximum absolute atomic E-state index is 13.5. The Bertz CT molecular complexity index is 790. The molecule has 1 heterocycles. The number of hydrogen-bond acceptors (Lipinski definition) is 5. The number of nitrogen functional groups attached to an aromatic ring is 1. The molecule has 0 unspecified atom stereocenters. The number of nitrogens with two attached hydrogens (primary N) is 1. The van der Waals surface area contributed by atoms with E-state index in [0.717, 1.165) is 12.8 Å². The summed E-state index contributed by atoms with van der Waals surface area (Å²) < 4.78 is 14.8. The lowest BCUT2D eigenvalue weighted by molar-refractivity contribution is -0.133. The fourth-order valence-corrected chi connectivity index (χ4v) is 4.45. The Balaban J connectivity index is 1.72. The van der Waals surface area contributed by atoms with Crippen LogP contribution in [0.25, 0.3) is 11.4 Å². The first-order valence-electron chi connectivity index (χ1n) is 9.44. The molecule has 6 nitrogen and oxygen atoms in total. The first-order chi connectivity index (χ1) is 13.0. The Labute approximate surface area is 163 Å². The second-order valence-electron chi connectivity index (χ2n) is 6.86. The lowest BCUT2D eigenvalue weighted by atomic mass is 9.94. The molecular weight excluding hydrogens is 365 g/mol. The van der Waals surface area contributed by atoms with Crippen LogP contribution in [0.1, 0.15) is 46.0 Å². The molecule has 1 saturated carbocycles. The molecular formula is C19H26FN5OS. The zero-order valence-corrected chi connectivity index (χ0v) is 16.6. The topological polar surface area (TPSA) is 77.0 Å². The molecule has 0 aliphatic heterocycles. The van der Waals surface area contributed by atoms with Crippen molar-refractivity contribution in [3.05, 3.63) is 30.1 Å². The number of carbonyl (C=O) groups excluding carboxylic acids is 1. The summed E-state index contributed by atoms with van der Waals surface area (Å²) in [6.45, 7) is 4.60. The molecule has 0 bridgehead atoms. The van der Waals surface area contributed by atoms with Crippen LogP contribution in [0.4, 0.5) is 4.39 Å². The largest absolute Gasteiger partial charge is 0.339 e. The summed E-state index contributed by atoms with van der Waals surface area (Å²) in [5, 5.41) is 8.29. The Kier molecular flexibility index (Phi) is 6.36. The van der Waals surface area contributed by atoms with Crippen molar-refractivity contribution in [2.75, 3.05) is 12.4 Å². The molecule has 0 saturated heterocycles. The van der Waals surface area contributed by atoms with Gasteiger partial charge in [0.1, 0.15) is 5.82 Å². The fourth-order valence-electron chi connectivity index (χ4n) is 3.61. The Hall–Kier alpha value is -2.09. The number of carbonyl (C=O) groups is 1. The normalized spacial score (nSPS) is 16.3. The van der Waals surface area contributed by atoms with Gasteiger partial charge in [0.05, 0.1) is 5.25 Å². The van der Waals surface area contributed by atoms with E-state index < -0.39 is 0 Å². The van der Waals surface area contributed by atoms with Gasteiger partial charge >= 0.3 is 0 Å². The minimum absolute atomic E-state index is 0.102. The van der Waals surface area contributed by atoms with Gasteiger partial charge < -0.3 is 10.7 Å². The average Bonchev–Trinajstić information content (AvgIpc) is 3.03. The fraction of sp³-hybridized carbons (Fsp3) is 0.526. The minimum atomic E-state index is -0.362. The molecule has 2 N–H and O–H groups in total. The highest BCUT2D eigenvalue weighted by Crippen LogP contribution is 2.28. The van der Waals surface area contributed by atoms with Crippen LogP contribution < -0.4 is 5.84 Å². The molecule has 27 heavy (non-hydrogen) atoms. The first kappa shape index (κ1) is 19.7. The van der Waals surface area contributed by atoms with Crippen molar-refractivity contribution in [1.82, 2.24) is 19.8 Å². The van der Waals surface area contributed by atoms with Gasteiger partial charge in [-0.05, 0) is 38.8 Å². The van der Waals surface area contributed by atoms with Gasteiger partial charge in [0, 0.05) is 18.2 Å². The monoisotopic (exact) mass is 391 g/mol. The molecule has 2 aromatic rings. The third kappa shape index (κ3) is 4.43. The Morgan fingerprint density at radius 2 is 2.11 bits per heavy atom. The van der Waals surface area contributed by atoms with Crippen LogP contribution in [0.3, 0.4) is 0 Å². The lowest BCUT2D eigenvalue weighted by Gasteiger charge is -2.35. The lowest BCUT2D eigenvalue weighted by Crippen LogP contribution is -2.44. The summed E-state index contributed by atoms with van der Waals surface area (Å²) in [4.78, 5) is 15.0. The van der Waals surface area contributed by atoms with Gasteiger partial charge in [-0.25, -0.2) is 9.07 Å². The maximum atomic E-state index is 13.5. The highest BCUT2D eigenvalue weighted by atomic mass is 32.2. The van der Waals surface area contributed by atoms with E-state index in [9.17, 15) is 9.18 Å². The molecule has 3 rings (SSSR count). The molecule has 1 aliphatic rings. The van der Waals surface area contributed by atoms with Gasteiger partial charge in [0.25, 0.3) is 0 Å². The number of benzene rings is 1. The van der Waals surface area contributed by atoms with Crippen molar-refractivity contribution in [3.8, 4) is 11.4 Å². The molecule has 0 spiro atoms. The van der Waals surface area contributed by atoms with Crippen LogP contribution >= 0.6 is 11.8 Å². The standard InChI is InChI=1S/C19H26FN5OS/c1-3-24(16-10-5-4-6-11-16)18(26)13(2)27-19-23-22-17(25(19)21)14-8-7-9-15(20)12-14/h7-9,12-13,16H,3-6,10-11,21H2,1-2H3/t13-/m1/s1. The van der Waals surface area contributed by atoms with Crippen molar-refractivity contribution in [3.63, 3.8) is 0 Å². The zero-order chi connectivity index (χ0) is 19.4. The quantitative estimate of drug-likeness (QED) is 0.603. The van der Waals surface area contributed by atoms with Crippen LogP contribution in [-0.2, 0) is 4.79 Å². The molecule has 1 aromatic heterocycles. The molecule has 1 aliphatic carbocycles. The van der Waals surface area contributed by atoms with Gasteiger partial charge in [-0.1, -0.05) is 43.2 Å². The molecule has 1 aromatic carbocycles. The highest BCUT2D eigenvalue weighted by Gasteiger charge is 2.29. The third-order valence-corrected chi connectivity index (χ3v) is 6.06. The maximum Gasteiger partial charge on any atom is 0.236 e. The summed E-state index contributed by atoms with van der Waals surface area (Å²) in [6, 6.07) is 6.38. The summed E-state index contributed by atoms with van der Waals surface area (Å²) in [5.41, 5.74) is 0.549. The van der Waals surface area contributed by atoms with Gasteiger partial charge in [-0.3, -0.25) is 4.79 Å². The zero-order valence-electron chi connectivity index (χ0n) is 15.8. The summed E-state index contributed by atoms with van der Waals surface area (Å²) in [6.07, 6.45) is 5.78. The number of halogens is 1. The number of aromatic nitrogens is 3. The molecule has 1 atom stereocenters. The third-order valence-electron chi connectivity index (χ3n) is 5.02. The number of nitrogens with zero attached hydrogens (tertiary/aromatic N) is 4. The number of amides is 1. The SMILES string of the molecule is CCN(C(=O)[C@@H](C)Sc1nnc(-c2cccc(F)c2)n1N)C1CCCCC1. The van der Waals surface area contributed by atoms with Crippen LogP contribution in [-0.4, -0.2) is 43.5 Å². The van der Waals surface area contributed by atoms with Crippen molar-refractivity contribution < 1.29 is 9.18 Å². The first-order valence-corrected chi connectivity index (χ1v) is 10.3. The molecule has 146 valence electrons. The van der Waals surface area contributed by atoms with E-state index in [0.29, 0.717) is 29.1 Å². The number of hydrogen-bond donors (Lipinski definition) is 1. The van der Waals surface area contributed by atoms with E-state index >= 15 is 0 Å². The molecule has 1 fully saturated rings. The minimum Gasteiger partial charge on any atom is -0.339 e. The predicted octanol–water partition coefficient (Wildman–Crippen LogP) is 3.46. The second-order valence-corrected chi connectivity index (χ2v) is 8.17. The van der Waals surface area contributed by atoms with Gasteiger partial charge in [-0.15, -0.1) is 10.2 Å². The Morgan fingerprint density at radius 1 is 1.37 bits per heavy atom. The van der Waals surface area contributed by atoms with Crippen LogP contribution in [0.2, 0.25) is 0 Å². The van der Waals surface area contributed by atoms with Crippen molar-refractivity contribution in [1.29, 1.82) is 0 Å². The van der Waals surface area contributed by atoms with E-state index in [2.05, 4.69) is 10.2 Å². The number of thioether (sulfide) groups is 1. The summed E-state index contributed by atoms with van der Waals surface area (Å²) >= 11 is 1.29. The van der Waals surface area contributed by atoms with E-state index in [1.54, 1.807) is 12.1 Å². The van der Waals surface area contributed by atoms with E-state index in [1.807, 2.05) is 18.7 Å². The molecule has 1 amide bonds. The van der Waals surface area contributed by atoms with Crippen molar-refractivity contribution in [2.45, 2.75) is 62.4 Å². The molecule has 0 radical (unpaired) electrons. The van der Waals surface area contributed by atoms with Crippen LogP contribution in [0, 0.1) is 5.82 Å². The Morgan fingerprint density at radius 3 is 2.78 bits per heavy atom. The summed E-state index contributed by atoms with van der Waals surface area (Å²) in [7, 11) is 0. The van der Waals surface area contributed by atoms with Crippen molar-refractivity contribution in [2.24, 2.45) is 0 Å². The van der Waals surface area contributed by atoms with E-state index in [-0.39, 0.29) is 17.0 Å². The summed E-state index contributed by atoms with van der Waals surface area (Å²) in [5.74, 6) is 6.22. The molecule has 8 heteroatoms. The second kappa shape index (κ2) is 8.73. The average molecular weight is 392 g/mol. The van der Waals surface area contributed by atoms with Crippen LogP contribution in [0.15, 0.2) is 29.4 Å². The van der Waals surface area contributed by atoms with E-state index in [1.165, 1.54) is 47.8 Å². The van der Waals surface area contributed by atoms with E-state index in [4.69, 9.17) is 5.84 Å². The van der Waals surface area contributed by atoms with Gasteiger partial charge in [0.15, 0.2) is 5.82 Å². The van der Waals surface area contributed by atoms with Gasteiger partial charge in [0.2, 0.25) is 11.1 Å². The highest BCUT2D eigenvalue weighted by molar-refractivity contribution is 8.00. The number of rotatable bonds is 6. The van der Waals surface area contributed by atoms with Gasteiger partial charge in [-0.2, -0.15) is 0 Å². The van der Waals surface area contributed by atoms with Crippen LogP contribution in [0.5, 0.6) is 0 Å².